The fraction of sp³-hybridized carbons (Fsp3) is 1.00. The van der Waals surface area contributed by atoms with Crippen molar-refractivity contribution in [3.63, 3.8) is 0 Å². The van der Waals surface area contributed by atoms with Crippen LogP contribution in [0.1, 0.15) is 26.7 Å². The minimum atomic E-state index is -0.566. The highest BCUT2D eigenvalue weighted by atomic mass is 16.6. The highest BCUT2D eigenvalue weighted by Crippen LogP contribution is 2.39. The molecule has 2 fully saturated rings. The molecule has 0 amide bonds. The number of aliphatic hydroxyl groups is 1. The van der Waals surface area contributed by atoms with Gasteiger partial charge in [-0.1, -0.05) is 0 Å². The molecule has 0 saturated carbocycles. The van der Waals surface area contributed by atoms with E-state index in [0.29, 0.717) is 12.5 Å². The molecule has 2 aliphatic rings. The summed E-state index contributed by atoms with van der Waals surface area (Å²) < 4.78 is 10.9. The highest BCUT2D eigenvalue weighted by Gasteiger charge is 2.43. The molecule has 0 aromatic heterocycles. The molecule has 2 aliphatic heterocycles. The summed E-state index contributed by atoms with van der Waals surface area (Å²) in [4.78, 5) is 0. The van der Waals surface area contributed by atoms with Crippen molar-refractivity contribution in [3.05, 3.63) is 0 Å². The van der Waals surface area contributed by atoms with Gasteiger partial charge in [-0.25, -0.2) is 0 Å². The van der Waals surface area contributed by atoms with E-state index in [-0.39, 0.29) is 11.7 Å². The Balaban J connectivity index is 2.02. The number of hydrogen-bond donors (Lipinski definition) is 1. The van der Waals surface area contributed by atoms with Crippen molar-refractivity contribution < 1.29 is 14.6 Å². The largest absolute Gasteiger partial charge is 0.370 e. The Morgan fingerprint density at radius 3 is 2.92 bits per heavy atom. The quantitative estimate of drug-likeness (QED) is 0.590. The van der Waals surface area contributed by atoms with Crippen molar-refractivity contribution >= 4 is 0 Å². The maximum atomic E-state index is 9.25. The van der Waals surface area contributed by atoms with Gasteiger partial charge in [0.25, 0.3) is 0 Å². The van der Waals surface area contributed by atoms with E-state index in [1.807, 2.05) is 0 Å². The van der Waals surface area contributed by atoms with Gasteiger partial charge >= 0.3 is 0 Å². The molecule has 1 N–H and O–H groups in total. The Labute approximate surface area is 72.7 Å². The normalized spacial score (nSPS) is 45.8. The topological polar surface area (TPSA) is 38.7 Å². The van der Waals surface area contributed by atoms with Crippen LogP contribution in [-0.4, -0.2) is 29.7 Å². The summed E-state index contributed by atoms with van der Waals surface area (Å²) in [6.07, 6.45) is 1.42. The molecule has 2 rings (SSSR count). The minimum absolute atomic E-state index is 0.0250. The average molecular weight is 172 g/mol. The minimum Gasteiger partial charge on any atom is -0.370 e. The fourth-order valence-corrected chi connectivity index (χ4v) is 2.26. The smallest absolute Gasteiger partial charge is 0.155 e. The number of aliphatic hydroxyl groups excluding tert-OH is 1. The van der Waals surface area contributed by atoms with Gasteiger partial charge in [0.15, 0.2) is 6.29 Å². The molecule has 0 spiro atoms. The van der Waals surface area contributed by atoms with Crippen LogP contribution in [-0.2, 0) is 9.47 Å². The molecule has 3 atom stereocenters. The second-order valence-electron chi connectivity index (χ2n) is 4.40. The molecule has 2 saturated heterocycles. The molecule has 12 heavy (non-hydrogen) atoms. The Kier molecular flexibility index (Phi) is 1.90. The number of fused-ring (bicyclic) bond motifs is 1. The van der Waals surface area contributed by atoms with E-state index in [1.54, 1.807) is 0 Å². The lowest BCUT2D eigenvalue weighted by molar-refractivity contribution is -0.177. The number of hydrogen-bond acceptors (Lipinski definition) is 3. The second kappa shape index (κ2) is 2.69. The maximum absolute atomic E-state index is 9.25. The van der Waals surface area contributed by atoms with Crippen molar-refractivity contribution in [2.45, 2.75) is 44.7 Å². The first kappa shape index (κ1) is 8.48. The lowest BCUT2D eigenvalue weighted by Crippen LogP contribution is -2.35. The van der Waals surface area contributed by atoms with Crippen LogP contribution < -0.4 is 0 Å². The van der Waals surface area contributed by atoms with Crippen molar-refractivity contribution in [2.24, 2.45) is 5.92 Å². The summed E-state index contributed by atoms with van der Waals surface area (Å²) >= 11 is 0. The predicted molar refractivity (Wildman–Crippen MR) is 43.6 cm³/mol. The first-order valence-corrected chi connectivity index (χ1v) is 4.54. The monoisotopic (exact) mass is 172 g/mol. The average Bonchev–Trinajstić information content (AvgIpc) is 2.21. The van der Waals surface area contributed by atoms with Gasteiger partial charge in [0.1, 0.15) is 0 Å². The lowest BCUT2D eigenvalue weighted by atomic mass is 9.90. The van der Waals surface area contributed by atoms with E-state index in [2.05, 4.69) is 13.8 Å². The molecule has 0 aromatic carbocycles. The summed E-state index contributed by atoms with van der Waals surface area (Å²) in [5.41, 5.74) is -0.0250. The van der Waals surface area contributed by atoms with Gasteiger partial charge in [0, 0.05) is 6.42 Å². The van der Waals surface area contributed by atoms with Crippen LogP contribution in [0.15, 0.2) is 0 Å². The van der Waals surface area contributed by atoms with E-state index in [0.717, 1.165) is 12.8 Å². The second-order valence-corrected chi connectivity index (χ2v) is 4.40. The van der Waals surface area contributed by atoms with Crippen molar-refractivity contribution in [1.29, 1.82) is 0 Å². The van der Waals surface area contributed by atoms with Crippen LogP contribution >= 0.6 is 0 Å². The standard InChI is InChI=1S/C9H16O3/c1-9(2)4-6-3-8(10)11-5-7(6)12-9/h6-8,10H,3-5H2,1-2H3/t6-,7-,8?/m1/s1. The van der Waals surface area contributed by atoms with Crippen LogP contribution in [0.4, 0.5) is 0 Å². The third-order valence-electron chi connectivity index (χ3n) is 2.71. The molecular weight excluding hydrogens is 156 g/mol. The molecule has 70 valence electrons. The van der Waals surface area contributed by atoms with E-state index in [9.17, 15) is 5.11 Å². The zero-order valence-electron chi connectivity index (χ0n) is 7.62. The van der Waals surface area contributed by atoms with Crippen molar-refractivity contribution in [1.82, 2.24) is 0 Å². The molecule has 3 heteroatoms. The molecule has 0 radical (unpaired) electrons. The molecule has 0 bridgehead atoms. The van der Waals surface area contributed by atoms with Gasteiger partial charge in [-0.3, -0.25) is 0 Å². The SMILES string of the molecule is CC1(C)C[C@H]2CC(O)OC[C@H]2O1. The first-order valence-electron chi connectivity index (χ1n) is 4.54. The Hall–Kier alpha value is -0.120. The Morgan fingerprint density at radius 2 is 2.17 bits per heavy atom. The molecule has 1 unspecified atom stereocenters. The van der Waals surface area contributed by atoms with Gasteiger partial charge in [-0.05, 0) is 26.2 Å². The zero-order chi connectivity index (χ0) is 8.77. The van der Waals surface area contributed by atoms with Gasteiger partial charge < -0.3 is 14.6 Å². The van der Waals surface area contributed by atoms with Gasteiger partial charge in [0.05, 0.1) is 18.3 Å². The van der Waals surface area contributed by atoms with Crippen LogP contribution in [0.5, 0.6) is 0 Å². The van der Waals surface area contributed by atoms with E-state index >= 15 is 0 Å². The van der Waals surface area contributed by atoms with E-state index in [1.165, 1.54) is 0 Å². The summed E-state index contributed by atoms with van der Waals surface area (Å²) in [6, 6.07) is 0. The summed E-state index contributed by atoms with van der Waals surface area (Å²) in [5, 5.41) is 9.25. The third kappa shape index (κ3) is 1.49. The molecule has 3 nitrogen and oxygen atoms in total. The summed E-state index contributed by atoms with van der Waals surface area (Å²) in [6.45, 7) is 4.74. The number of ether oxygens (including phenoxy) is 2. The van der Waals surface area contributed by atoms with Crippen LogP contribution in [0.3, 0.4) is 0 Å². The Morgan fingerprint density at radius 1 is 1.42 bits per heavy atom. The zero-order valence-corrected chi connectivity index (χ0v) is 7.62. The molecule has 2 heterocycles. The van der Waals surface area contributed by atoms with Crippen molar-refractivity contribution in [2.75, 3.05) is 6.61 Å². The fourth-order valence-electron chi connectivity index (χ4n) is 2.26. The number of rotatable bonds is 0. The van der Waals surface area contributed by atoms with E-state index < -0.39 is 6.29 Å². The van der Waals surface area contributed by atoms with Gasteiger partial charge in [0.2, 0.25) is 0 Å². The first-order chi connectivity index (χ1) is 5.57. The maximum Gasteiger partial charge on any atom is 0.155 e. The third-order valence-corrected chi connectivity index (χ3v) is 2.71. The summed E-state index contributed by atoms with van der Waals surface area (Å²) in [5.74, 6) is 0.490. The molecule has 0 aliphatic carbocycles. The Bertz CT molecular complexity index is 179. The van der Waals surface area contributed by atoms with Crippen molar-refractivity contribution in [3.8, 4) is 0 Å². The van der Waals surface area contributed by atoms with Gasteiger partial charge in [-0.15, -0.1) is 0 Å². The van der Waals surface area contributed by atoms with Crippen LogP contribution in [0.2, 0.25) is 0 Å². The highest BCUT2D eigenvalue weighted by molar-refractivity contribution is 4.90. The van der Waals surface area contributed by atoms with Crippen LogP contribution in [0, 0.1) is 5.92 Å². The molecule has 0 aromatic rings. The van der Waals surface area contributed by atoms with E-state index in [4.69, 9.17) is 9.47 Å². The summed E-state index contributed by atoms with van der Waals surface area (Å²) in [7, 11) is 0. The van der Waals surface area contributed by atoms with Crippen LogP contribution in [0.25, 0.3) is 0 Å². The lowest BCUT2D eigenvalue weighted by Gasteiger charge is -2.27. The molecular formula is C9H16O3. The predicted octanol–water partition coefficient (Wildman–Crippen LogP) is 0.909. The van der Waals surface area contributed by atoms with Gasteiger partial charge in [-0.2, -0.15) is 0 Å².